The normalized spacial score (nSPS) is 35.1. The summed E-state index contributed by atoms with van der Waals surface area (Å²) < 4.78 is 10.9. The second-order valence-corrected chi connectivity index (χ2v) is 4.32. The Kier molecular flexibility index (Phi) is 4.22. The number of rotatable bonds is 2. The van der Waals surface area contributed by atoms with Crippen LogP contribution in [0.5, 0.6) is 0 Å². The highest BCUT2D eigenvalue weighted by Gasteiger charge is 2.19. The van der Waals surface area contributed by atoms with E-state index < -0.39 is 0 Å². The summed E-state index contributed by atoms with van der Waals surface area (Å²) in [6, 6.07) is 1.25. The van der Waals surface area contributed by atoms with Crippen molar-refractivity contribution in [3.05, 3.63) is 0 Å². The van der Waals surface area contributed by atoms with Crippen LogP contribution in [0.15, 0.2) is 0 Å². The first-order valence-electron chi connectivity index (χ1n) is 5.87. The summed E-state index contributed by atoms with van der Waals surface area (Å²) in [5, 5.41) is 3.69. The zero-order valence-electron chi connectivity index (χ0n) is 8.84. The van der Waals surface area contributed by atoms with E-state index in [-0.39, 0.29) is 0 Å². The van der Waals surface area contributed by atoms with E-state index in [4.69, 9.17) is 9.47 Å². The third-order valence-corrected chi connectivity index (χ3v) is 3.08. The van der Waals surface area contributed by atoms with Crippen LogP contribution >= 0.6 is 0 Å². The van der Waals surface area contributed by atoms with E-state index in [1.807, 2.05) is 0 Å². The summed E-state index contributed by atoms with van der Waals surface area (Å²) in [6.07, 6.45) is 6.11. The number of ether oxygens (including phenoxy) is 2. The third kappa shape index (κ3) is 3.23. The summed E-state index contributed by atoms with van der Waals surface area (Å²) in [5.74, 6) is 0. The van der Waals surface area contributed by atoms with Crippen molar-refractivity contribution in [2.24, 2.45) is 0 Å². The van der Waals surface area contributed by atoms with Gasteiger partial charge >= 0.3 is 0 Å². The van der Waals surface area contributed by atoms with Gasteiger partial charge in [0.15, 0.2) is 0 Å². The van der Waals surface area contributed by atoms with Gasteiger partial charge in [0.25, 0.3) is 0 Å². The first-order valence-corrected chi connectivity index (χ1v) is 5.87. The largest absolute Gasteiger partial charge is 0.381 e. The van der Waals surface area contributed by atoms with Crippen LogP contribution in [0.4, 0.5) is 0 Å². The smallest absolute Gasteiger partial charge is 0.0619 e. The molecule has 3 heteroatoms. The summed E-state index contributed by atoms with van der Waals surface area (Å²) in [6.45, 7) is 3.72. The molecule has 1 unspecified atom stereocenters. The summed E-state index contributed by atoms with van der Waals surface area (Å²) in [5.41, 5.74) is 0. The Morgan fingerprint density at radius 2 is 1.57 bits per heavy atom. The molecule has 0 aliphatic carbocycles. The van der Waals surface area contributed by atoms with Crippen LogP contribution in [-0.2, 0) is 9.47 Å². The minimum atomic E-state index is 0.590. The van der Waals surface area contributed by atoms with Crippen LogP contribution in [0.25, 0.3) is 0 Å². The van der Waals surface area contributed by atoms with Gasteiger partial charge in [-0.2, -0.15) is 0 Å². The van der Waals surface area contributed by atoms with E-state index in [2.05, 4.69) is 5.32 Å². The molecule has 0 radical (unpaired) electrons. The van der Waals surface area contributed by atoms with Gasteiger partial charge in [0, 0.05) is 31.9 Å². The lowest BCUT2D eigenvalue weighted by Crippen LogP contribution is -2.43. The van der Waals surface area contributed by atoms with Gasteiger partial charge in [-0.05, 0) is 32.1 Å². The Labute approximate surface area is 86.2 Å². The fraction of sp³-hybridized carbons (Fsp3) is 1.00. The lowest BCUT2D eigenvalue weighted by molar-refractivity contribution is 0.0649. The molecule has 0 aromatic carbocycles. The molecule has 3 nitrogen and oxygen atoms in total. The number of nitrogens with one attached hydrogen (secondary N) is 1. The molecule has 82 valence electrons. The fourth-order valence-electron chi connectivity index (χ4n) is 2.28. The lowest BCUT2D eigenvalue weighted by Gasteiger charge is -2.27. The van der Waals surface area contributed by atoms with E-state index in [1.165, 1.54) is 25.7 Å². The highest BCUT2D eigenvalue weighted by atomic mass is 16.5. The quantitative estimate of drug-likeness (QED) is 0.727. The van der Waals surface area contributed by atoms with Gasteiger partial charge in [-0.15, -0.1) is 0 Å². The molecule has 0 bridgehead atoms. The number of hydrogen-bond acceptors (Lipinski definition) is 3. The minimum Gasteiger partial charge on any atom is -0.381 e. The highest BCUT2D eigenvalue weighted by molar-refractivity contribution is 4.77. The van der Waals surface area contributed by atoms with Gasteiger partial charge in [0.2, 0.25) is 0 Å². The first kappa shape index (κ1) is 10.4. The average molecular weight is 199 g/mol. The maximum atomic E-state index is 5.46. The molecule has 2 aliphatic rings. The molecular formula is C11H21NO2. The molecule has 2 saturated heterocycles. The van der Waals surface area contributed by atoms with Crippen LogP contribution in [-0.4, -0.2) is 38.5 Å². The van der Waals surface area contributed by atoms with Gasteiger partial charge in [0.1, 0.15) is 0 Å². The van der Waals surface area contributed by atoms with Crippen LogP contribution in [0.1, 0.15) is 32.1 Å². The first-order chi connectivity index (χ1) is 6.95. The highest BCUT2D eigenvalue weighted by Crippen LogP contribution is 2.12. The molecule has 0 saturated carbocycles. The number of hydrogen-bond donors (Lipinski definition) is 1. The Hall–Kier alpha value is -0.120. The molecule has 0 amide bonds. The third-order valence-electron chi connectivity index (χ3n) is 3.08. The maximum Gasteiger partial charge on any atom is 0.0619 e. The zero-order valence-corrected chi connectivity index (χ0v) is 8.84. The van der Waals surface area contributed by atoms with E-state index >= 15 is 0 Å². The molecule has 2 atom stereocenters. The van der Waals surface area contributed by atoms with Crippen molar-refractivity contribution in [2.75, 3.05) is 26.4 Å². The summed E-state index contributed by atoms with van der Waals surface area (Å²) in [7, 11) is 0. The standard InChI is InChI=1S/C11H21NO2/c1-3-10(5-8-13-6-1)12-11-4-2-7-14-9-11/h10-12H,1-9H2/t10?,11-/m0/s1. The molecule has 0 aromatic heterocycles. The molecule has 2 rings (SSSR count). The Bertz CT molecular complexity index is 149. The van der Waals surface area contributed by atoms with Crippen molar-refractivity contribution >= 4 is 0 Å². The topological polar surface area (TPSA) is 30.5 Å². The van der Waals surface area contributed by atoms with E-state index in [9.17, 15) is 0 Å². The van der Waals surface area contributed by atoms with Crippen LogP contribution in [0.2, 0.25) is 0 Å². The Balaban J connectivity index is 1.71. The Morgan fingerprint density at radius 1 is 0.786 bits per heavy atom. The fourth-order valence-corrected chi connectivity index (χ4v) is 2.28. The maximum absolute atomic E-state index is 5.46. The van der Waals surface area contributed by atoms with Crippen molar-refractivity contribution in [2.45, 2.75) is 44.2 Å². The van der Waals surface area contributed by atoms with Crippen molar-refractivity contribution in [3.8, 4) is 0 Å². The molecule has 0 aromatic rings. The van der Waals surface area contributed by atoms with Crippen molar-refractivity contribution in [1.82, 2.24) is 5.32 Å². The minimum absolute atomic E-state index is 0.590. The molecule has 2 aliphatic heterocycles. The van der Waals surface area contributed by atoms with Crippen molar-refractivity contribution < 1.29 is 9.47 Å². The van der Waals surface area contributed by atoms with Gasteiger partial charge in [-0.3, -0.25) is 0 Å². The summed E-state index contributed by atoms with van der Waals surface area (Å²) in [4.78, 5) is 0. The zero-order chi connectivity index (χ0) is 9.64. The molecular weight excluding hydrogens is 178 g/mol. The second-order valence-electron chi connectivity index (χ2n) is 4.32. The monoisotopic (exact) mass is 199 g/mol. The predicted molar refractivity (Wildman–Crippen MR) is 55.4 cm³/mol. The molecule has 14 heavy (non-hydrogen) atoms. The van der Waals surface area contributed by atoms with Gasteiger partial charge < -0.3 is 14.8 Å². The van der Waals surface area contributed by atoms with Crippen LogP contribution < -0.4 is 5.32 Å². The average Bonchev–Trinajstić information content (AvgIpc) is 2.48. The summed E-state index contributed by atoms with van der Waals surface area (Å²) >= 11 is 0. The lowest BCUT2D eigenvalue weighted by atomic mass is 10.1. The molecule has 1 N–H and O–H groups in total. The van der Waals surface area contributed by atoms with E-state index in [0.717, 1.165) is 32.8 Å². The molecule has 2 heterocycles. The van der Waals surface area contributed by atoms with Gasteiger partial charge in [-0.1, -0.05) is 0 Å². The second kappa shape index (κ2) is 5.69. The van der Waals surface area contributed by atoms with Crippen molar-refractivity contribution in [3.63, 3.8) is 0 Å². The van der Waals surface area contributed by atoms with Crippen LogP contribution in [0, 0.1) is 0 Å². The van der Waals surface area contributed by atoms with Crippen LogP contribution in [0.3, 0.4) is 0 Å². The molecule has 2 fully saturated rings. The van der Waals surface area contributed by atoms with E-state index in [1.54, 1.807) is 0 Å². The predicted octanol–water partition coefficient (Wildman–Crippen LogP) is 1.32. The van der Waals surface area contributed by atoms with E-state index in [0.29, 0.717) is 12.1 Å². The Morgan fingerprint density at radius 3 is 2.43 bits per heavy atom. The van der Waals surface area contributed by atoms with Gasteiger partial charge in [0.05, 0.1) is 6.61 Å². The SMILES string of the molecule is C1COCCC(N[C@H]2CCCOC2)C1. The van der Waals surface area contributed by atoms with Crippen molar-refractivity contribution in [1.29, 1.82) is 0 Å². The molecule has 0 spiro atoms. The van der Waals surface area contributed by atoms with Gasteiger partial charge in [-0.25, -0.2) is 0 Å².